The summed E-state index contributed by atoms with van der Waals surface area (Å²) in [6.45, 7) is 5.95. The van der Waals surface area contributed by atoms with E-state index in [1.54, 1.807) is 41.8 Å². The Kier molecular flexibility index (Phi) is 6.15. The predicted octanol–water partition coefficient (Wildman–Crippen LogP) is 5.88. The second-order valence-electron chi connectivity index (χ2n) is 7.90. The maximum absolute atomic E-state index is 13.3. The second kappa shape index (κ2) is 9.01. The highest BCUT2D eigenvalue weighted by atomic mass is 32.1. The van der Waals surface area contributed by atoms with Gasteiger partial charge in [-0.2, -0.15) is 0 Å². The van der Waals surface area contributed by atoms with Gasteiger partial charge in [0, 0.05) is 5.69 Å². The van der Waals surface area contributed by atoms with Crippen molar-refractivity contribution < 1.29 is 19.4 Å². The van der Waals surface area contributed by atoms with Gasteiger partial charge in [0.1, 0.15) is 5.75 Å². The Hall–Kier alpha value is -3.38. The number of carbonyl (C=O) groups excluding carboxylic acids is 2. The fourth-order valence-corrected chi connectivity index (χ4v) is 4.53. The molecule has 5 nitrogen and oxygen atoms in total. The van der Waals surface area contributed by atoms with Crippen molar-refractivity contribution >= 4 is 28.7 Å². The molecule has 1 amide bonds. The lowest BCUT2D eigenvalue weighted by molar-refractivity contribution is -0.117. The fourth-order valence-electron chi connectivity index (χ4n) is 3.85. The molecule has 2 aromatic carbocycles. The summed E-state index contributed by atoms with van der Waals surface area (Å²) < 4.78 is 5.71. The molecule has 164 valence electrons. The lowest BCUT2D eigenvalue weighted by Crippen LogP contribution is -2.31. The number of rotatable bonds is 7. The van der Waals surface area contributed by atoms with Crippen molar-refractivity contribution in [2.75, 3.05) is 4.90 Å². The van der Waals surface area contributed by atoms with Crippen LogP contribution in [0, 0.1) is 0 Å². The molecule has 1 aromatic heterocycles. The van der Waals surface area contributed by atoms with Gasteiger partial charge in [0.05, 0.1) is 22.6 Å². The second-order valence-corrected chi connectivity index (χ2v) is 8.85. The number of Topliss-reactive ketones (excluding diaryl/α,β-unsaturated/α-hetero) is 1. The predicted molar refractivity (Wildman–Crippen MR) is 127 cm³/mol. The van der Waals surface area contributed by atoms with Gasteiger partial charge in [-0.15, -0.1) is 11.3 Å². The number of anilines is 1. The van der Waals surface area contributed by atoms with Gasteiger partial charge in [0.2, 0.25) is 5.78 Å². The smallest absolute Gasteiger partial charge is 0.294 e. The molecule has 0 bridgehead atoms. The van der Waals surface area contributed by atoms with E-state index in [0.717, 1.165) is 17.5 Å². The normalized spacial score (nSPS) is 16.2. The molecule has 2 heterocycles. The number of amides is 1. The highest BCUT2D eigenvalue weighted by molar-refractivity contribution is 7.12. The Balaban J connectivity index is 1.79. The van der Waals surface area contributed by atoms with Crippen molar-refractivity contribution in [3.8, 4) is 5.75 Å². The summed E-state index contributed by atoms with van der Waals surface area (Å²) in [7, 11) is 0. The number of ketones is 1. The summed E-state index contributed by atoms with van der Waals surface area (Å²) in [5.74, 6) is -0.744. The topological polar surface area (TPSA) is 66.8 Å². The van der Waals surface area contributed by atoms with Crippen molar-refractivity contribution in [2.24, 2.45) is 0 Å². The molecule has 0 radical (unpaired) electrons. The molecule has 0 spiro atoms. The molecular weight excluding hydrogens is 422 g/mol. The van der Waals surface area contributed by atoms with E-state index in [1.165, 1.54) is 16.2 Å². The maximum Gasteiger partial charge on any atom is 0.294 e. The number of aliphatic hydroxyl groups excluding tert-OH is 1. The third kappa shape index (κ3) is 4.06. The van der Waals surface area contributed by atoms with Crippen LogP contribution in [0.5, 0.6) is 5.75 Å². The van der Waals surface area contributed by atoms with Crippen LogP contribution in [0.25, 0.3) is 0 Å². The molecule has 6 heteroatoms. The van der Waals surface area contributed by atoms with E-state index in [4.69, 9.17) is 4.74 Å². The third-order valence-corrected chi connectivity index (χ3v) is 6.26. The summed E-state index contributed by atoms with van der Waals surface area (Å²) in [6, 6.07) is 17.7. The van der Waals surface area contributed by atoms with E-state index in [1.807, 2.05) is 38.1 Å². The van der Waals surface area contributed by atoms with Gasteiger partial charge in [-0.25, -0.2) is 0 Å². The number of hydrogen-bond acceptors (Lipinski definition) is 5. The van der Waals surface area contributed by atoms with E-state index in [0.29, 0.717) is 16.3 Å². The van der Waals surface area contributed by atoms with Gasteiger partial charge in [-0.3, -0.25) is 14.5 Å². The molecule has 4 rings (SSSR count). The average molecular weight is 448 g/mol. The zero-order chi connectivity index (χ0) is 22.8. The van der Waals surface area contributed by atoms with E-state index in [2.05, 4.69) is 6.92 Å². The number of nitrogens with zero attached hydrogens (tertiary/aromatic N) is 1. The van der Waals surface area contributed by atoms with Crippen molar-refractivity contribution in [2.45, 2.75) is 39.3 Å². The lowest BCUT2D eigenvalue weighted by atomic mass is 9.94. The third-order valence-electron chi connectivity index (χ3n) is 5.39. The van der Waals surface area contributed by atoms with Crippen molar-refractivity contribution in [1.29, 1.82) is 0 Å². The molecule has 32 heavy (non-hydrogen) atoms. The minimum Gasteiger partial charge on any atom is -0.503 e. The van der Waals surface area contributed by atoms with Crippen molar-refractivity contribution in [3.63, 3.8) is 0 Å². The van der Waals surface area contributed by atoms with Crippen LogP contribution in [-0.2, 0) is 11.2 Å². The van der Waals surface area contributed by atoms with Crippen LogP contribution in [0.3, 0.4) is 0 Å². The number of benzene rings is 2. The monoisotopic (exact) mass is 447 g/mol. The minimum absolute atomic E-state index is 0.0276. The number of thiophene rings is 1. The zero-order valence-electron chi connectivity index (χ0n) is 18.2. The minimum atomic E-state index is -0.722. The quantitative estimate of drug-likeness (QED) is 0.459. The molecular formula is C26H25NO4S. The molecule has 0 aliphatic carbocycles. The fraction of sp³-hybridized carbons (Fsp3) is 0.231. The first-order chi connectivity index (χ1) is 15.4. The summed E-state index contributed by atoms with van der Waals surface area (Å²) in [4.78, 5) is 28.5. The summed E-state index contributed by atoms with van der Waals surface area (Å²) in [5.41, 5.74) is 2.60. The Morgan fingerprint density at radius 3 is 2.34 bits per heavy atom. The highest BCUT2D eigenvalue weighted by Crippen LogP contribution is 2.42. The van der Waals surface area contributed by atoms with Crippen LogP contribution < -0.4 is 9.64 Å². The van der Waals surface area contributed by atoms with Gasteiger partial charge in [-0.05, 0) is 67.1 Å². The average Bonchev–Trinajstić information content (AvgIpc) is 3.41. The van der Waals surface area contributed by atoms with E-state index >= 15 is 0 Å². The van der Waals surface area contributed by atoms with Gasteiger partial charge in [-0.1, -0.05) is 37.3 Å². The summed E-state index contributed by atoms with van der Waals surface area (Å²) in [6.07, 6.45) is 0.910. The molecule has 1 atom stereocenters. The molecule has 1 aliphatic rings. The van der Waals surface area contributed by atoms with Crippen LogP contribution in [0.2, 0.25) is 0 Å². The SMILES string of the molecule is CCc1ccc(C2C(C(=O)c3cccs3)=C(O)C(=O)N2c2ccc(OC(C)C)cc2)cc1. The van der Waals surface area contributed by atoms with Gasteiger partial charge < -0.3 is 9.84 Å². The molecule has 1 aliphatic heterocycles. The Bertz CT molecular complexity index is 1150. The maximum atomic E-state index is 13.3. The Morgan fingerprint density at radius 1 is 1.09 bits per heavy atom. The van der Waals surface area contributed by atoms with Crippen LogP contribution in [0.15, 0.2) is 77.4 Å². The van der Waals surface area contributed by atoms with Crippen LogP contribution in [0.4, 0.5) is 5.69 Å². The first-order valence-electron chi connectivity index (χ1n) is 10.6. The summed E-state index contributed by atoms with van der Waals surface area (Å²) >= 11 is 1.29. The lowest BCUT2D eigenvalue weighted by Gasteiger charge is -2.27. The van der Waals surface area contributed by atoms with Gasteiger partial charge in [0.25, 0.3) is 5.91 Å². The highest BCUT2D eigenvalue weighted by Gasteiger charge is 2.44. The van der Waals surface area contributed by atoms with Crippen molar-refractivity contribution in [3.05, 3.63) is 93.4 Å². The molecule has 0 saturated heterocycles. The Morgan fingerprint density at radius 2 is 1.78 bits per heavy atom. The molecule has 0 saturated carbocycles. The van der Waals surface area contributed by atoms with E-state index < -0.39 is 17.7 Å². The largest absolute Gasteiger partial charge is 0.503 e. The van der Waals surface area contributed by atoms with Crippen LogP contribution in [0.1, 0.15) is 47.6 Å². The summed E-state index contributed by atoms with van der Waals surface area (Å²) in [5, 5.41) is 12.6. The van der Waals surface area contributed by atoms with Crippen LogP contribution in [-0.4, -0.2) is 22.9 Å². The number of carbonyl (C=O) groups is 2. The van der Waals surface area contributed by atoms with E-state index in [9.17, 15) is 14.7 Å². The van der Waals surface area contributed by atoms with Gasteiger partial charge in [0.15, 0.2) is 5.76 Å². The standard InChI is InChI=1S/C26H25NO4S/c1-4-17-7-9-18(10-8-17)23-22(24(28)21-6-5-15-32-21)25(29)26(30)27(23)19-11-13-20(14-12-19)31-16(2)3/h5-16,23,29H,4H2,1-3H3. The molecule has 1 unspecified atom stereocenters. The number of aryl methyl sites for hydroxylation is 1. The molecule has 1 N–H and O–H groups in total. The van der Waals surface area contributed by atoms with Crippen LogP contribution >= 0.6 is 11.3 Å². The number of ether oxygens (including phenoxy) is 1. The van der Waals surface area contributed by atoms with Crippen molar-refractivity contribution in [1.82, 2.24) is 0 Å². The zero-order valence-corrected chi connectivity index (χ0v) is 19.1. The first-order valence-corrected chi connectivity index (χ1v) is 11.5. The van der Waals surface area contributed by atoms with Gasteiger partial charge >= 0.3 is 0 Å². The molecule has 3 aromatic rings. The Labute approximate surface area is 191 Å². The van der Waals surface area contributed by atoms with E-state index in [-0.39, 0.29) is 17.5 Å². The first kappa shape index (κ1) is 21.8. The number of hydrogen-bond donors (Lipinski definition) is 1. The number of aliphatic hydroxyl groups is 1. The molecule has 0 fully saturated rings.